The third-order valence-electron chi connectivity index (χ3n) is 4.19. The Morgan fingerprint density at radius 2 is 1.59 bits per heavy atom. The predicted octanol–water partition coefficient (Wildman–Crippen LogP) is 2.50. The number of nitrogens with zero attached hydrogens (tertiary/aromatic N) is 2. The summed E-state index contributed by atoms with van der Waals surface area (Å²) in [6, 6.07) is -0.435. The molecule has 0 bridgehead atoms. The summed E-state index contributed by atoms with van der Waals surface area (Å²) in [5, 5.41) is 0. The molecule has 2 fully saturated rings. The zero-order valence-electron chi connectivity index (χ0n) is 12.4. The minimum atomic E-state index is -4.86. The van der Waals surface area contributed by atoms with E-state index >= 15 is 0 Å². The Kier molecular flexibility index (Phi) is 5.47. The minimum absolute atomic E-state index is 0.0245. The van der Waals surface area contributed by atoms with E-state index in [-0.39, 0.29) is 5.91 Å². The third-order valence-corrected chi connectivity index (χ3v) is 4.19. The van der Waals surface area contributed by atoms with Crippen LogP contribution in [0.25, 0.3) is 0 Å². The van der Waals surface area contributed by atoms with E-state index in [4.69, 9.17) is 0 Å². The number of alkyl halides is 3. The SMILES string of the molecule is O=C([C@@H]1CCCN1/C=C/C(=O)C(F)(F)F)N1CCCCCC1. The summed E-state index contributed by atoms with van der Waals surface area (Å²) in [5.74, 6) is -1.91. The van der Waals surface area contributed by atoms with Crippen molar-refractivity contribution < 1.29 is 22.8 Å². The van der Waals surface area contributed by atoms with Gasteiger partial charge < -0.3 is 9.80 Å². The van der Waals surface area contributed by atoms with Gasteiger partial charge in [0.2, 0.25) is 5.91 Å². The second-order valence-corrected chi connectivity index (χ2v) is 5.81. The molecule has 2 saturated heterocycles. The van der Waals surface area contributed by atoms with Crippen LogP contribution in [0.15, 0.2) is 12.3 Å². The lowest BCUT2D eigenvalue weighted by molar-refractivity contribution is -0.165. The molecular formula is C15H21F3N2O2. The van der Waals surface area contributed by atoms with Crippen LogP contribution >= 0.6 is 0 Å². The summed E-state index contributed by atoms with van der Waals surface area (Å²) >= 11 is 0. The Bertz CT molecular complexity index is 441. The van der Waals surface area contributed by atoms with Crippen LogP contribution < -0.4 is 0 Å². The fraction of sp³-hybridized carbons (Fsp3) is 0.733. The van der Waals surface area contributed by atoms with Crippen molar-refractivity contribution in [2.24, 2.45) is 0 Å². The fourth-order valence-corrected chi connectivity index (χ4v) is 2.99. The van der Waals surface area contributed by atoms with Gasteiger partial charge in [0.1, 0.15) is 6.04 Å². The first kappa shape index (κ1) is 16.8. The maximum atomic E-state index is 12.5. The highest BCUT2D eigenvalue weighted by Crippen LogP contribution is 2.22. The van der Waals surface area contributed by atoms with E-state index in [1.807, 2.05) is 4.90 Å². The molecule has 2 aliphatic rings. The lowest BCUT2D eigenvalue weighted by atomic mass is 10.2. The van der Waals surface area contributed by atoms with Crippen LogP contribution in [0, 0.1) is 0 Å². The Hall–Kier alpha value is -1.53. The fourth-order valence-electron chi connectivity index (χ4n) is 2.99. The van der Waals surface area contributed by atoms with Crippen molar-refractivity contribution in [3.63, 3.8) is 0 Å². The highest BCUT2D eigenvalue weighted by molar-refractivity contribution is 5.94. The number of hydrogen-bond acceptors (Lipinski definition) is 3. The molecule has 1 atom stereocenters. The van der Waals surface area contributed by atoms with Gasteiger partial charge in [-0.2, -0.15) is 13.2 Å². The minimum Gasteiger partial charge on any atom is -0.365 e. The summed E-state index contributed by atoms with van der Waals surface area (Å²) in [6.07, 6.45) is 2.32. The summed E-state index contributed by atoms with van der Waals surface area (Å²) in [5.41, 5.74) is 0. The third kappa shape index (κ3) is 4.24. The first-order chi connectivity index (χ1) is 10.4. The number of carbonyl (C=O) groups excluding carboxylic acids is 2. The molecule has 0 aromatic rings. The maximum Gasteiger partial charge on any atom is 0.454 e. The van der Waals surface area contributed by atoms with Crippen molar-refractivity contribution in [2.45, 2.75) is 50.7 Å². The smallest absolute Gasteiger partial charge is 0.365 e. The van der Waals surface area contributed by atoms with E-state index in [1.165, 1.54) is 0 Å². The predicted molar refractivity (Wildman–Crippen MR) is 75.0 cm³/mol. The lowest BCUT2D eigenvalue weighted by Crippen LogP contribution is -2.44. The molecule has 0 saturated carbocycles. The molecule has 1 amide bonds. The van der Waals surface area contributed by atoms with Crippen molar-refractivity contribution >= 4 is 11.7 Å². The van der Waals surface area contributed by atoms with Crippen molar-refractivity contribution in [1.29, 1.82) is 0 Å². The van der Waals surface area contributed by atoms with E-state index in [0.717, 1.165) is 38.3 Å². The largest absolute Gasteiger partial charge is 0.454 e. The molecule has 0 spiro atoms. The van der Waals surface area contributed by atoms with E-state index in [1.54, 1.807) is 4.90 Å². The van der Waals surface area contributed by atoms with Crippen molar-refractivity contribution in [1.82, 2.24) is 9.80 Å². The standard InChI is InChI=1S/C15H21F3N2O2/c16-15(17,18)13(21)7-11-19-10-5-6-12(19)14(22)20-8-3-1-2-4-9-20/h7,11-12H,1-6,8-10H2/b11-7+/t12-/m0/s1. The van der Waals surface area contributed by atoms with Gasteiger partial charge in [0.05, 0.1) is 0 Å². The highest BCUT2D eigenvalue weighted by Gasteiger charge is 2.37. The second kappa shape index (κ2) is 7.15. The number of likely N-dealkylation sites (tertiary alicyclic amines) is 2. The Morgan fingerprint density at radius 1 is 0.955 bits per heavy atom. The summed E-state index contributed by atoms with van der Waals surface area (Å²) in [6.45, 7) is 1.94. The molecule has 22 heavy (non-hydrogen) atoms. The monoisotopic (exact) mass is 318 g/mol. The van der Waals surface area contributed by atoms with Gasteiger partial charge >= 0.3 is 6.18 Å². The lowest BCUT2D eigenvalue weighted by Gasteiger charge is -2.28. The Balaban J connectivity index is 1.99. The Morgan fingerprint density at radius 3 is 2.18 bits per heavy atom. The van der Waals surface area contributed by atoms with Crippen LogP contribution in [0.2, 0.25) is 0 Å². The molecule has 2 heterocycles. The van der Waals surface area contributed by atoms with E-state index in [9.17, 15) is 22.8 Å². The first-order valence-corrected chi connectivity index (χ1v) is 7.73. The number of ketones is 1. The van der Waals surface area contributed by atoms with Crippen LogP contribution in [0.4, 0.5) is 13.2 Å². The number of halogens is 3. The zero-order valence-corrected chi connectivity index (χ0v) is 12.4. The zero-order chi connectivity index (χ0) is 16.2. The summed E-state index contributed by atoms with van der Waals surface area (Å²) in [7, 11) is 0. The molecule has 2 aliphatic heterocycles. The molecule has 0 unspecified atom stereocenters. The van der Waals surface area contributed by atoms with Gasteiger partial charge in [-0.1, -0.05) is 12.8 Å². The molecule has 0 aromatic carbocycles. The van der Waals surface area contributed by atoms with Crippen LogP contribution in [0.5, 0.6) is 0 Å². The van der Waals surface area contributed by atoms with E-state index in [2.05, 4.69) is 0 Å². The normalized spacial score (nSPS) is 23.9. The molecule has 2 rings (SSSR count). The molecule has 4 nitrogen and oxygen atoms in total. The van der Waals surface area contributed by atoms with Crippen molar-refractivity contribution in [3.8, 4) is 0 Å². The van der Waals surface area contributed by atoms with Gasteiger partial charge in [0.15, 0.2) is 0 Å². The number of amides is 1. The van der Waals surface area contributed by atoms with Gasteiger partial charge in [-0.15, -0.1) is 0 Å². The van der Waals surface area contributed by atoms with Gasteiger partial charge in [0, 0.05) is 31.9 Å². The topological polar surface area (TPSA) is 40.6 Å². The first-order valence-electron chi connectivity index (χ1n) is 7.73. The average Bonchev–Trinajstić information content (AvgIpc) is 2.75. The molecule has 0 radical (unpaired) electrons. The number of hydrogen-bond donors (Lipinski definition) is 0. The van der Waals surface area contributed by atoms with E-state index in [0.29, 0.717) is 32.1 Å². The highest BCUT2D eigenvalue weighted by atomic mass is 19.4. The van der Waals surface area contributed by atoms with Gasteiger partial charge in [-0.25, -0.2) is 0 Å². The number of rotatable bonds is 3. The molecular weight excluding hydrogens is 297 g/mol. The van der Waals surface area contributed by atoms with Gasteiger partial charge in [-0.3, -0.25) is 9.59 Å². The van der Waals surface area contributed by atoms with Crippen LogP contribution in [0.3, 0.4) is 0 Å². The Labute approximate surface area is 127 Å². The van der Waals surface area contributed by atoms with Crippen LogP contribution in [0.1, 0.15) is 38.5 Å². The van der Waals surface area contributed by atoms with Crippen LogP contribution in [-0.4, -0.2) is 53.3 Å². The maximum absolute atomic E-state index is 12.5. The van der Waals surface area contributed by atoms with Crippen LogP contribution in [-0.2, 0) is 9.59 Å². The van der Waals surface area contributed by atoms with Gasteiger partial charge in [0.25, 0.3) is 5.78 Å². The number of allylic oxidation sites excluding steroid dienone is 1. The molecule has 0 aliphatic carbocycles. The molecule has 7 heteroatoms. The average molecular weight is 318 g/mol. The molecule has 0 N–H and O–H groups in total. The van der Waals surface area contributed by atoms with Gasteiger partial charge in [-0.05, 0) is 25.7 Å². The van der Waals surface area contributed by atoms with E-state index < -0.39 is 18.0 Å². The number of carbonyl (C=O) groups is 2. The second-order valence-electron chi connectivity index (χ2n) is 5.81. The van der Waals surface area contributed by atoms with Crippen molar-refractivity contribution in [2.75, 3.05) is 19.6 Å². The summed E-state index contributed by atoms with van der Waals surface area (Å²) in [4.78, 5) is 26.8. The van der Waals surface area contributed by atoms with Crippen molar-refractivity contribution in [3.05, 3.63) is 12.3 Å². The molecule has 124 valence electrons. The summed E-state index contributed by atoms with van der Waals surface area (Å²) < 4.78 is 36.7. The quantitative estimate of drug-likeness (QED) is 0.751. The molecule has 0 aromatic heterocycles.